The lowest BCUT2D eigenvalue weighted by Crippen LogP contribution is -2.30. The molecule has 0 spiro atoms. The lowest BCUT2D eigenvalue weighted by molar-refractivity contribution is -0.136. The van der Waals surface area contributed by atoms with Gasteiger partial charge in [0.05, 0.1) is 17.6 Å². The molecule has 6 nitrogen and oxygen atoms in total. The Kier molecular flexibility index (Phi) is 4.90. The zero-order valence-corrected chi connectivity index (χ0v) is 18.9. The Bertz CT molecular complexity index is 1360. The highest BCUT2D eigenvalue weighted by Gasteiger charge is 2.30. The molecule has 0 saturated heterocycles. The number of halogens is 1. The molecule has 0 radical (unpaired) electrons. The van der Waals surface area contributed by atoms with Crippen LogP contribution in [0.3, 0.4) is 0 Å². The van der Waals surface area contributed by atoms with E-state index in [0.717, 1.165) is 56.6 Å². The van der Waals surface area contributed by atoms with E-state index in [1.807, 2.05) is 50.5 Å². The molecule has 0 atom stereocenters. The summed E-state index contributed by atoms with van der Waals surface area (Å²) in [6.45, 7) is 7.58. The fraction of sp³-hybridized carbons (Fsp3) is 0.240. The molecule has 2 aromatic carbocycles. The molecule has 2 aromatic heterocycles. The molecule has 1 N–H and O–H groups in total. The zero-order valence-electron chi connectivity index (χ0n) is 18.2. The summed E-state index contributed by atoms with van der Waals surface area (Å²) in [4.78, 5) is 23.2. The van der Waals surface area contributed by atoms with Gasteiger partial charge in [-0.2, -0.15) is 0 Å². The van der Waals surface area contributed by atoms with Gasteiger partial charge in [0.1, 0.15) is 0 Å². The molecule has 3 heterocycles. The molecule has 0 unspecified atom stereocenters. The predicted molar refractivity (Wildman–Crippen MR) is 127 cm³/mol. The van der Waals surface area contributed by atoms with Crippen molar-refractivity contribution in [3.05, 3.63) is 70.1 Å². The Balaban J connectivity index is 1.86. The number of aliphatic carboxylic acids is 1. The van der Waals surface area contributed by atoms with Crippen molar-refractivity contribution in [3.8, 4) is 11.1 Å². The van der Waals surface area contributed by atoms with Crippen molar-refractivity contribution in [2.24, 2.45) is 0 Å². The van der Waals surface area contributed by atoms with E-state index in [2.05, 4.69) is 32.4 Å². The lowest BCUT2D eigenvalue weighted by Gasteiger charge is -2.33. The Morgan fingerprint density at radius 1 is 1.09 bits per heavy atom. The number of hydrogen-bond donors (Lipinski definition) is 1. The van der Waals surface area contributed by atoms with Gasteiger partial charge in [0.2, 0.25) is 5.95 Å². The quantitative estimate of drug-likeness (QED) is 0.451. The lowest BCUT2D eigenvalue weighted by atomic mass is 9.88. The fourth-order valence-electron chi connectivity index (χ4n) is 4.77. The number of carboxylic acids is 1. The van der Waals surface area contributed by atoms with E-state index < -0.39 is 5.97 Å². The Labute approximate surface area is 191 Å². The second kappa shape index (κ2) is 7.64. The Morgan fingerprint density at radius 3 is 2.44 bits per heavy atom. The first-order valence-electron chi connectivity index (χ1n) is 10.5. The molecule has 0 saturated carbocycles. The number of nitrogens with zero attached hydrogens (tertiary/aromatic N) is 4. The number of benzene rings is 2. The second-order valence-electron chi connectivity index (χ2n) is 8.32. The van der Waals surface area contributed by atoms with Gasteiger partial charge in [0, 0.05) is 41.6 Å². The molecule has 5 rings (SSSR count). The molecule has 0 bridgehead atoms. The number of carbonyl (C=O) groups is 1. The highest BCUT2D eigenvalue weighted by atomic mass is 35.5. The minimum Gasteiger partial charge on any atom is -0.481 e. The van der Waals surface area contributed by atoms with Gasteiger partial charge in [-0.1, -0.05) is 23.7 Å². The fourth-order valence-corrected chi connectivity index (χ4v) is 4.89. The van der Waals surface area contributed by atoms with Crippen molar-refractivity contribution in [1.29, 1.82) is 0 Å². The summed E-state index contributed by atoms with van der Waals surface area (Å²) in [7, 11) is 0. The summed E-state index contributed by atoms with van der Waals surface area (Å²) in [5, 5.41) is 11.5. The maximum atomic E-state index is 11.9. The highest BCUT2D eigenvalue weighted by Crippen LogP contribution is 2.46. The third kappa shape index (κ3) is 3.22. The summed E-state index contributed by atoms with van der Waals surface area (Å²) in [6, 6.07) is 9.77. The van der Waals surface area contributed by atoms with E-state index in [1.54, 1.807) is 0 Å². The molecule has 32 heavy (non-hydrogen) atoms. The van der Waals surface area contributed by atoms with Crippen LogP contribution in [0.2, 0.25) is 5.02 Å². The molecule has 7 heteroatoms. The van der Waals surface area contributed by atoms with Crippen LogP contribution < -0.4 is 4.90 Å². The molecule has 4 aromatic rings. The summed E-state index contributed by atoms with van der Waals surface area (Å²) in [5.74, 6) is -0.231. The Hall–Kier alpha value is -3.38. The molecular weight excluding hydrogens is 424 g/mol. The van der Waals surface area contributed by atoms with Gasteiger partial charge in [0.25, 0.3) is 0 Å². The van der Waals surface area contributed by atoms with Gasteiger partial charge in [-0.05, 0) is 66.8 Å². The van der Waals surface area contributed by atoms with Crippen LogP contribution in [-0.4, -0.2) is 32.2 Å². The maximum absolute atomic E-state index is 11.9. The van der Waals surface area contributed by atoms with Crippen molar-refractivity contribution in [2.75, 3.05) is 11.4 Å². The summed E-state index contributed by atoms with van der Waals surface area (Å²) < 4.78 is 2.31. The molecule has 0 aliphatic carbocycles. The smallest absolute Gasteiger partial charge is 0.307 e. The number of aromatic nitrogens is 3. The molecule has 0 amide bonds. The SMILES string of the molecule is Cc1cnc(N2CCn3c(C)cc4c(-c5ccc(Cl)cc5)c(CC(=O)O)c(C)c2c43)nc1. The van der Waals surface area contributed by atoms with Crippen LogP contribution in [0, 0.1) is 20.8 Å². The molecule has 1 aliphatic rings. The van der Waals surface area contributed by atoms with E-state index in [0.29, 0.717) is 17.5 Å². The number of aryl methyl sites for hydroxylation is 2. The number of anilines is 2. The van der Waals surface area contributed by atoms with Gasteiger partial charge < -0.3 is 14.6 Å². The summed E-state index contributed by atoms with van der Waals surface area (Å²) in [6.07, 6.45) is 3.56. The first-order valence-corrected chi connectivity index (χ1v) is 10.9. The van der Waals surface area contributed by atoms with E-state index in [4.69, 9.17) is 11.6 Å². The molecule has 162 valence electrons. The standard InChI is InChI=1S/C25H23ClN4O2/c1-14-12-27-25(28-13-14)30-9-8-29-15(2)10-20-22(17-4-6-18(26)7-5-17)19(11-21(31)32)16(3)23(30)24(20)29/h4-7,10,12-13H,8-9,11H2,1-3H3,(H,31,32). The van der Waals surface area contributed by atoms with Crippen molar-refractivity contribution in [1.82, 2.24) is 14.5 Å². The van der Waals surface area contributed by atoms with E-state index in [1.165, 1.54) is 0 Å². The average molecular weight is 447 g/mol. The first-order chi connectivity index (χ1) is 15.3. The summed E-state index contributed by atoms with van der Waals surface area (Å²) >= 11 is 6.14. The van der Waals surface area contributed by atoms with Gasteiger partial charge in [-0.15, -0.1) is 0 Å². The number of hydrogen-bond acceptors (Lipinski definition) is 4. The van der Waals surface area contributed by atoms with Gasteiger partial charge in [-0.3, -0.25) is 4.79 Å². The normalized spacial score (nSPS) is 13.1. The van der Waals surface area contributed by atoms with E-state index in [9.17, 15) is 9.90 Å². The van der Waals surface area contributed by atoms with E-state index in [-0.39, 0.29) is 6.42 Å². The molecule has 0 fully saturated rings. The van der Waals surface area contributed by atoms with Crippen LogP contribution in [-0.2, 0) is 17.8 Å². The topological polar surface area (TPSA) is 71.2 Å². The van der Waals surface area contributed by atoms with Crippen molar-refractivity contribution in [2.45, 2.75) is 33.7 Å². The van der Waals surface area contributed by atoms with Crippen LogP contribution >= 0.6 is 11.6 Å². The monoisotopic (exact) mass is 446 g/mol. The minimum absolute atomic E-state index is 0.0699. The van der Waals surface area contributed by atoms with Gasteiger partial charge >= 0.3 is 5.97 Å². The third-order valence-corrected chi connectivity index (χ3v) is 6.45. The third-order valence-electron chi connectivity index (χ3n) is 6.19. The van der Waals surface area contributed by atoms with Crippen molar-refractivity contribution in [3.63, 3.8) is 0 Å². The largest absolute Gasteiger partial charge is 0.481 e. The first kappa shape index (κ1) is 20.5. The minimum atomic E-state index is -0.861. The van der Waals surface area contributed by atoms with Crippen LogP contribution in [0.15, 0.2) is 42.7 Å². The van der Waals surface area contributed by atoms with Crippen LogP contribution in [0.4, 0.5) is 11.6 Å². The number of rotatable bonds is 4. The van der Waals surface area contributed by atoms with Crippen molar-refractivity contribution < 1.29 is 9.90 Å². The maximum Gasteiger partial charge on any atom is 0.307 e. The van der Waals surface area contributed by atoms with Crippen LogP contribution in [0.5, 0.6) is 0 Å². The average Bonchev–Trinajstić information content (AvgIpc) is 3.10. The van der Waals surface area contributed by atoms with Crippen LogP contribution in [0.1, 0.15) is 22.4 Å². The van der Waals surface area contributed by atoms with Gasteiger partial charge in [0.15, 0.2) is 0 Å². The molecular formula is C25H23ClN4O2. The second-order valence-corrected chi connectivity index (χ2v) is 8.75. The number of carboxylic acid groups (broad SMARTS) is 1. The molecule has 1 aliphatic heterocycles. The highest BCUT2D eigenvalue weighted by molar-refractivity contribution is 6.30. The zero-order chi connectivity index (χ0) is 22.6. The van der Waals surface area contributed by atoms with Crippen molar-refractivity contribution >= 4 is 40.1 Å². The summed E-state index contributed by atoms with van der Waals surface area (Å²) in [5.41, 5.74) is 7.87. The van der Waals surface area contributed by atoms with Crippen LogP contribution in [0.25, 0.3) is 22.0 Å². The Morgan fingerprint density at radius 2 is 1.78 bits per heavy atom. The van der Waals surface area contributed by atoms with Gasteiger partial charge in [-0.25, -0.2) is 9.97 Å². The predicted octanol–water partition coefficient (Wildman–Crippen LogP) is 5.46. The van der Waals surface area contributed by atoms with E-state index >= 15 is 0 Å².